The van der Waals surface area contributed by atoms with Gasteiger partial charge in [-0.15, -0.1) is 0 Å². The van der Waals surface area contributed by atoms with Crippen LogP contribution >= 0.6 is 11.6 Å². The Morgan fingerprint density at radius 2 is 2.10 bits per heavy atom. The molecule has 0 aliphatic carbocycles. The minimum atomic E-state index is -0.407. The van der Waals surface area contributed by atoms with E-state index < -0.39 is 4.92 Å². The van der Waals surface area contributed by atoms with Crippen LogP contribution in [0.1, 0.15) is 24.8 Å². The molecule has 1 N–H and O–H groups in total. The van der Waals surface area contributed by atoms with Gasteiger partial charge in [0.05, 0.1) is 9.95 Å². The van der Waals surface area contributed by atoms with Gasteiger partial charge in [0.2, 0.25) is 0 Å². The summed E-state index contributed by atoms with van der Waals surface area (Å²) in [6.45, 7) is 5.22. The zero-order valence-electron chi connectivity index (χ0n) is 12.0. The van der Waals surface area contributed by atoms with Crippen molar-refractivity contribution in [1.29, 1.82) is 0 Å². The topological polar surface area (TPSA) is 58.4 Å². The fourth-order valence-corrected chi connectivity index (χ4v) is 3.78. The Kier molecular flexibility index (Phi) is 4.15. The molecule has 5 nitrogen and oxygen atoms in total. The molecule has 2 fully saturated rings. The number of nitro groups is 1. The first-order chi connectivity index (χ1) is 10.1. The van der Waals surface area contributed by atoms with Crippen molar-refractivity contribution in [2.45, 2.75) is 25.8 Å². The van der Waals surface area contributed by atoms with Crippen molar-refractivity contribution >= 4 is 17.3 Å². The van der Waals surface area contributed by atoms with Gasteiger partial charge >= 0.3 is 0 Å². The lowest BCUT2D eigenvalue weighted by atomic mass is 9.78. The van der Waals surface area contributed by atoms with Crippen molar-refractivity contribution in [3.63, 3.8) is 0 Å². The molecule has 3 rings (SSSR count). The maximum absolute atomic E-state index is 10.7. The molecule has 2 aliphatic rings. The molecule has 0 bridgehead atoms. The second-order valence-corrected chi connectivity index (χ2v) is 6.65. The number of hydrogen-bond acceptors (Lipinski definition) is 4. The Morgan fingerprint density at radius 3 is 2.76 bits per heavy atom. The molecule has 114 valence electrons. The highest BCUT2D eigenvalue weighted by Gasteiger charge is 2.38. The van der Waals surface area contributed by atoms with Gasteiger partial charge in [-0.05, 0) is 55.9 Å². The second-order valence-electron chi connectivity index (χ2n) is 6.24. The van der Waals surface area contributed by atoms with E-state index in [2.05, 4.69) is 10.2 Å². The number of likely N-dealkylation sites (tertiary alicyclic amines) is 1. The summed E-state index contributed by atoms with van der Waals surface area (Å²) in [5, 5.41) is 14.7. The fourth-order valence-electron chi connectivity index (χ4n) is 3.55. The first-order valence-corrected chi connectivity index (χ1v) is 7.82. The Bertz CT molecular complexity index is 544. The third-order valence-corrected chi connectivity index (χ3v) is 5.17. The third kappa shape index (κ3) is 3.20. The zero-order chi connectivity index (χ0) is 14.9. The summed E-state index contributed by atoms with van der Waals surface area (Å²) in [4.78, 5) is 12.8. The molecular weight excluding hydrogens is 290 g/mol. The highest BCUT2D eigenvalue weighted by molar-refractivity contribution is 6.31. The molecule has 6 heteroatoms. The van der Waals surface area contributed by atoms with Crippen LogP contribution in [-0.4, -0.2) is 36.0 Å². The smallest absolute Gasteiger partial charge is 0.270 e. The fraction of sp³-hybridized carbons (Fsp3) is 0.600. The van der Waals surface area contributed by atoms with Crippen LogP contribution in [0.25, 0.3) is 0 Å². The molecule has 0 aromatic heterocycles. The Morgan fingerprint density at radius 1 is 1.33 bits per heavy atom. The van der Waals surface area contributed by atoms with Gasteiger partial charge in [0.25, 0.3) is 5.69 Å². The van der Waals surface area contributed by atoms with E-state index in [1.54, 1.807) is 6.07 Å². The summed E-state index contributed by atoms with van der Waals surface area (Å²) in [6, 6.07) is 4.78. The van der Waals surface area contributed by atoms with Crippen LogP contribution in [0.4, 0.5) is 5.69 Å². The van der Waals surface area contributed by atoms with Crippen LogP contribution in [0.5, 0.6) is 0 Å². The number of benzene rings is 1. The predicted molar refractivity (Wildman–Crippen MR) is 82.5 cm³/mol. The monoisotopic (exact) mass is 309 g/mol. The van der Waals surface area contributed by atoms with E-state index >= 15 is 0 Å². The SMILES string of the molecule is O=[N+]([O-])c1ccc(CN2CCC3(CCNCC3)C2)c(Cl)c1. The molecule has 1 spiro atoms. The second kappa shape index (κ2) is 5.91. The highest BCUT2D eigenvalue weighted by atomic mass is 35.5. The molecule has 0 radical (unpaired) electrons. The maximum atomic E-state index is 10.7. The van der Waals surface area contributed by atoms with Crippen LogP contribution in [0.3, 0.4) is 0 Å². The van der Waals surface area contributed by atoms with E-state index in [0.717, 1.165) is 38.3 Å². The first kappa shape index (κ1) is 14.8. The average molecular weight is 310 g/mol. The molecule has 1 aromatic carbocycles. The van der Waals surface area contributed by atoms with E-state index in [1.165, 1.54) is 31.4 Å². The largest absolute Gasteiger partial charge is 0.317 e. The van der Waals surface area contributed by atoms with Gasteiger partial charge in [-0.3, -0.25) is 15.0 Å². The number of rotatable bonds is 3. The van der Waals surface area contributed by atoms with Crippen molar-refractivity contribution in [3.8, 4) is 0 Å². The van der Waals surface area contributed by atoms with Gasteiger partial charge < -0.3 is 5.32 Å². The summed E-state index contributed by atoms with van der Waals surface area (Å²) in [5.41, 5.74) is 1.51. The van der Waals surface area contributed by atoms with Crippen molar-refractivity contribution in [2.75, 3.05) is 26.2 Å². The molecule has 0 amide bonds. The predicted octanol–water partition coefficient (Wildman–Crippen LogP) is 2.82. The lowest BCUT2D eigenvalue weighted by Gasteiger charge is -2.34. The molecular formula is C15H20ClN3O2. The number of nitrogens with zero attached hydrogens (tertiary/aromatic N) is 2. The van der Waals surface area contributed by atoms with Gasteiger partial charge in [-0.1, -0.05) is 11.6 Å². The Hall–Kier alpha value is -1.17. The van der Waals surface area contributed by atoms with E-state index in [0.29, 0.717) is 10.4 Å². The summed E-state index contributed by atoms with van der Waals surface area (Å²) < 4.78 is 0. The molecule has 0 atom stereocenters. The molecule has 0 saturated carbocycles. The van der Waals surface area contributed by atoms with Crippen molar-refractivity contribution in [2.24, 2.45) is 5.41 Å². The molecule has 2 saturated heterocycles. The summed E-state index contributed by atoms with van der Waals surface area (Å²) in [7, 11) is 0. The number of non-ortho nitro benzene ring substituents is 1. The van der Waals surface area contributed by atoms with Crippen molar-refractivity contribution in [3.05, 3.63) is 38.9 Å². The Labute approximate surface area is 129 Å². The molecule has 1 aromatic rings. The zero-order valence-corrected chi connectivity index (χ0v) is 12.7. The first-order valence-electron chi connectivity index (χ1n) is 7.44. The number of hydrogen-bond donors (Lipinski definition) is 1. The van der Waals surface area contributed by atoms with Gasteiger partial charge in [0.15, 0.2) is 0 Å². The highest BCUT2D eigenvalue weighted by Crippen LogP contribution is 2.39. The quantitative estimate of drug-likeness (QED) is 0.689. The average Bonchev–Trinajstić information content (AvgIpc) is 2.84. The maximum Gasteiger partial charge on any atom is 0.270 e. The van der Waals surface area contributed by atoms with Crippen LogP contribution in [0.2, 0.25) is 5.02 Å². The Balaban J connectivity index is 1.66. The van der Waals surface area contributed by atoms with Gasteiger partial charge in [0.1, 0.15) is 0 Å². The van der Waals surface area contributed by atoms with Crippen molar-refractivity contribution < 1.29 is 4.92 Å². The van der Waals surface area contributed by atoms with Crippen molar-refractivity contribution in [1.82, 2.24) is 10.2 Å². The van der Waals surface area contributed by atoms with Crippen LogP contribution < -0.4 is 5.32 Å². The molecule has 2 heterocycles. The van der Waals surface area contributed by atoms with Gasteiger partial charge in [-0.25, -0.2) is 0 Å². The number of piperidine rings is 1. The molecule has 2 aliphatic heterocycles. The standard InChI is InChI=1S/C15H20ClN3O2/c16-14-9-13(19(20)21)2-1-12(14)10-18-8-5-15(11-18)3-6-17-7-4-15/h1-2,9,17H,3-8,10-11H2. The minimum Gasteiger partial charge on any atom is -0.317 e. The lowest BCUT2D eigenvalue weighted by molar-refractivity contribution is -0.384. The van der Waals surface area contributed by atoms with Crippen LogP contribution in [-0.2, 0) is 6.54 Å². The normalized spacial score (nSPS) is 21.8. The summed E-state index contributed by atoms with van der Waals surface area (Å²) in [6.07, 6.45) is 3.74. The van der Waals surface area contributed by atoms with Crippen LogP contribution in [0, 0.1) is 15.5 Å². The number of nitro benzene ring substituents is 1. The van der Waals surface area contributed by atoms with E-state index in [4.69, 9.17) is 11.6 Å². The number of nitrogens with one attached hydrogen (secondary N) is 1. The summed E-state index contributed by atoms with van der Waals surface area (Å²) >= 11 is 6.19. The lowest BCUT2D eigenvalue weighted by Crippen LogP contribution is -2.38. The van der Waals surface area contributed by atoms with Crippen LogP contribution in [0.15, 0.2) is 18.2 Å². The number of halogens is 1. The van der Waals surface area contributed by atoms with E-state index in [9.17, 15) is 10.1 Å². The molecule has 0 unspecified atom stereocenters. The molecule has 21 heavy (non-hydrogen) atoms. The van der Waals surface area contributed by atoms with E-state index in [1.807, 2.05) is 0 Å². The minimum absolute atomic E-state index is 0.0556. The third-order valence-electron chi connectivity index (χ3n) is 4.82. The summed E-state index contributed by atoms with van der Waals surface area (Å²) in [5.74, 6) is 0. The van der Waals surface area contributed by atoms with Gasteiger partial charge in [-0.2, -0.15) is 0 Å². The van der Waals surface area contributed by atoms with E-state index in [-0.39, 0.29) is 5.69 Å². The van der Waals surface area contributed by atoms with Gasteiger partial charge in [0, 0.05) is 25.2 Å².